The van der Waals surface area contributed by atoms with E-state index in [1.807, 2.05) is 47.9 Å². The lowest BCUT2D eigenvalue weighted by atomic mass is 10.1. The van der Waals surface area contributed by atoms with Gasteiger partial charge in [0.15, 0.2) is 5.16 Å². The molecule has 1 amide bonds. The van der Waals surface area contributed by atoms with Gasteiger partial charge >= 0.3 is 0 Å². The van der Waals surface area contributed by atoms with Gasteiger partial charge in [0.2, 0.25) is 5.91 Å². The number of carbonyl (C=O) groups is 1. The number of hydrogen-bond donors (Lipinski definition) is 1. The highest BCUT2D eigenvalue weighted by Crippen LogP contribution is 2.28. The quantitative estimate of drug-likeness (QED) is 0.626. The largest absolute Gasteiger partial charge is 0.488 e. The van der Waals surface area contributed by atoms with Gasteiger partial charge in [0.25, 0.3) is 0 Å². The number of nitrogens with one attached hydrogen (secondary N) is 1. The summed E-state index contributed by atoms with van der Waals surface area (Å²) < 4.78 is 7.66. The average molecular weight is 415 g/mol. The second-order valence-electron chi connectivity index (χ2n) is 6.56. The van der Waals surface area contributed by atoms with Crippen molar-refractivity contribution in [2.75, 3.05) is 12.3 Å². The molecule has 2 heterocycles. The van der Waals surface area contributed by atoms with Crippen molar-refractivity contribution in [1.29, 1.82) is 0 Å². The summed E-state index contributed by atoms with van der Waals surface area (Å²) in [7, 11) is 0. The zero-order chi connectivity index (χ0) is 19.5. The van der Waals surface area contributed by atoms with Crippen molar-refractivity contribution < 1.29 is 9.53 Å². The van der Waals surface area contributed by atoms with E-state index in [-0.39, 0.29) is 17.8 Å². The molecule has 1 unspecified atom stereocenters. The van der Waals surface area contributed by atoms with Crippen LogP contribution in [0.25, 0.3) is 5.69 Å². The molecule has 1 N–H and O–H groups in total. The molecule has 8 heteroatoms. The number of fused-ring (bicyclic) bond motifs is 1. The van der Waals surface area contributed by atoms with Crippen LogP contribution >= 0.6 is 23.4 Å². The van der Waals surface area contributed by atoms with Crippen LogP contribution in [0.5, 0.6) is 5.75 Å². The number of amides is 1. The number of nitrogens with zero attached hydrogens (tertiary/aromatic N) is 3. The topological polar surface area (TPSA) is 69.0 Å². The van der Waals surface area contributed by atoms with Crippen molar-refractivity contribution in [3.05, 3.63) is 64.9 Å². The van der Waals surface area contributed by atoms with Crippen molar-refractivity contribution in [3.8, 4) is 11.4 Å². The summed E-state index contributed by atoms with van der Waals surface area (Å²) in [5.74, 6) is 1.08. The maximum Gasteiger partial charge on any atom is 0.230 e. The zero-order valence-electron chi connectivity index (χ0n) is 15.3. The molecule has 4 rings (SSSR count). The summed E-state index contributed by atoms with van der Waals surface area (Å²) in [4.78, 5) is 12.2. The molecule has 0 radical (unpaired) electrons. The molecule has 1 aromatic heterocycles. The lowest BCUT2D eigenvalue weighted by Crippen LogP contribution is -2.35. The molecule has 0 spiro atoms. The number of carbonyl (C=O) groups excluding carboxylic acids is 1. The third kappa shape index (κ3) is 4.15. The third-order valence-electron chi connectivity index (χ3n) is 4.52. The van der Waals surface area contributed by atoms with E-state index in [9.17, 15) is 4.79 Å². The van der Waals surface area contributed by atoms with E-state index in [1.54, 1.807) is 6.33 Å². The van der Waals surface area contributed by atoms with E-state index in [4.69, 9.17) is 16.3 Å². The van der Waals surface area contributed by atoms with Gasteiger partial charge in [-0.1, -0.05) is 47.6 Å². The molecule has 0 saturated carbocycles. The summed E-state index contributed by atoms with van der Waals surface area (Å²) in [5.41, 5.74) is 3.05. The smallest absolute Gasteiger partial charge is 0.230 e. The van der Waals surface area contributed by atoms with Crippen molar-refractivity contribution in [2.24, 2.45) is 0 Å². The molecule has 28 heavy (non-hydrogen) atoms. The maximum absolute atomic E-state index is 12.2. The zero-order valence-corrected chi connectivity index (χ0v) is 16.8. The van der Waals surface area contributed by atoms with Gasteiger partial charge in [-0.15, -0.1) is 10.2 Å². The minimum atomic E-state index is -0.0685. The molecule has 2 aromatic carbocycles. The number of thioether (sulfide) groups is 1. The van der Waals surface area contributed by atoms with Gasteiger partial charge in [0.05, 0.1) is 18.0 Å². The highest BCUT2D eigenvalue weighted by molar-refractivity contribution is 7.99. The van der Waals surface area contributed by atoms with E-state index < -0.39 is 0 Å². The first-order valence-electron chi connectivity index (χ1n) is 8.91. The second-order valence-corrected chi connectivity index (χ2v) is 7.91. The molecule has 0 fully saturated rings. The van der Waals surface area contributed by atoms with Gasteiger partial charge < -0.3 is 10.1 Å². The minimum Gasteiger partial charge on any atom is -0.488 e. The number of aromatic nitrogens is 3. The van der Waals surface area contributed by atoms with Crippen molar-refractivity contribution in [3.63, 3.8) is 0 Å². The molecule has 0 saturated heterocycles. The summed E-state index contributed by atoms with van der Waals surface area (Å²) in [6.07, 6.45) is 2.40. The van der Waals surface area contributed by atoms with E-state index in [2.05, 4.69) is 21.6 Å². The Kier molecular flexibility index (Phi) is 5.54. The van der Waals surface area contributed by atoms with Crippen molar-refractivity contribution >= 4 is 29.3 Å². The monoisotopic (exact) mass is 414 g/mol. The fourth-order valence-electron chi connectivity index (χ4n) is 3.01. The molecule has 1 atom stereocenters. The number of rotatable bonds is 6. The molecule has 6 nitrogen and oxygen atoms in total. The molecule has 0 bridgehead atoms. The highest BCUT2D eigenvalue weighted by atomic mass is 35.5. The summed E-state index contributed by atoms with van der Waals surface area (Å²) >= 11 is 7.54. The summed E-state index contributed by atoms with van der Waals surface area (Å²) in [6.45, 7) is 2.43. The van der Waals surface area contributed by atoms with Crippen LogP contribution in [0.3, 0.4) is 0 Å². The second kappa shape index (κ2) is 8.24. The molecular formula is C20H19ClN4O2S. The number of aryl methyl sites for hydroxylation is 1. The van der Waals surface area contributed by atoms with Gasteiger partial charge in [0, 0.05) is 11.4 Å². The molecule has 144 valence electrons. The van der Waals surface area contributed by atoms with Crippen LogP contribution in [0.4, 0.5) is 0 Å². The Bertz CT molecular complexity index is 982. The van der Waals surface area contributed by atoms with E-state index in [1.165, 1.54) is 17.3 Å². The molecule has 1 aliphatic heterocycles. The average Bonchev–Trinajstić information content (AvgIpc) is 3.33. The normalized spacial score (nSPS) is 15.1. The lowest BCUT2D eigenvalue weighted by molar-refractivity contribution is -0.118. The first-order chi connectivity index (χ1) is 13.6. The Morgan fingerprint density at radius 3 is 3.04 bits per heavy atom. The highest BCUT2D eigenvalue weighted by Gasteiger charge is 2.22. The van der Waals surface area contributed by atoms with Crippen LogP contribution < -0.4 is 10.1 Å². The van der Waals surface area contributed by atoms with Gasteiger partial charge in [-0.25, -0.2) is 0 Å². The van der Waals surface area contributed by atoms with Crippen LogP contribution in [0.15, 0.2) is 53.9 Å². The van der Waals surface area contributed by atoms with Crippen molar-refractivity contribution in [1.82, 2.24) is 20.1 Å². The molecule has 0 aliphatic carbocycles. The molecule has 1 aliphatic rings. The first-order valence-corrected chi connectivity index (χ1v) is 10.3. The standard InChI is InChI=1S/C20H19ClN4O2S/c1-13-6-7-15(9-17(13)21)25-12-23-24-20(25)28-11-19(26)22-10-16-8-14-4-2-3-5-18(14)27-16/h2-7,9,12,16H,8,10-11H2,1H3,(H,22,26). The number of ether oxygens (including phenoxy) is 1. The van der Waals surface area contributed by atoms with E-state index in [0.717, 1.165) is 23.4 Å². The maximum atomic E-state index is 12.2. The third-order valence-corrected chi connectivity index (χ3v) is 5.87. The first kappa shape index (κ1) is 18.8. The predicted octanol–water partition coefficient (Wildman–Crippen LogP) is 3.44. The number of para-hydroxylation sites is 1. The minimum absolute atomic E-state index is 0.0234. The van der Waals surface area contributed by atoms with Gasteiger partial charge in [0.1, 0.15) is 18.2 Å². The van der Waals surface area contributed by atoms with Crippen LogP contribution in [0, 0.1) is 6.92 Å². The van der Waals surface area contributed by atoms with Crippen molar-refractivity contribution in [2.45, 2.75) is 24.6 Å². The van der Waals surface area contributed by atoms with Gasteiger partial charge in [-0.2, -0.15) is 0 Å². The van der Waals surface area contributed by atoms with Crippen LogP contribution in [-0.4, -0.2) is 39.1 Å². The molecular weight excluding hydrogens is 396 g/mol. The van der Waals surface area contributed by atoms with Crippen LogP contribution in [-0.2, 0) is 11.2 Å². The van der Waals surface area contributed by atoms with Crippen LogP contribution in [0.1, 0.15) is 11.1 Å². The summed E-state index contributed by atoms with van der Waals surface area (Å²) in [5, 5.41) is 12.3. The Morgan fingerprint density at radius 1 is 1.36 bits per heavy atom. The number of benzene rings is 2. The number of hydrogen-bond acceptors (Lipinski definition) is 5. The SMILES string of the molecule is Cc1ccc(-n2cnnc2SCC(=O)NCC2Cc3ccccc3O2)cc1Cl. The Morgan fingerprint density at radius 2 is 2.21 bits per heavy atom. The Hall–Kier alpha value is -2.51. The van der Waals surface area contributed by atoms with Crippen LogP contribution in [0.2, 0.25) is 5.02 Å². The van der Waals surface area contributed by atoms with Gasteiger partial charge in [-0.3, -0.25) is 9.36 Å². The summed E-state index contributed by atoms with van der Waals surface area (Å²) in [6, 6.07) is 13.7. The predicted molar refractivity (Wildman–Crippen MR) is 109 cm³/mol. The Labute approximate surface area is 172 Å². The lowest BCUT2D eigenvalue weighted by Gasteiger charge is -2.12. The van der Waals surface area contributed by atoms with Gasteiger partial charge in [-0.05, 0) is 36.2 Å². The van der Waals surface area contributed by atoms with E-state index >= 15 is 0 Å². The molecule has 3 aromatic rings. The fourth-order valence-corrected chi connectivity index (χ4v) is 3.94. The Balaban J connectivity index is 1.30. The number of halogens is 1. The van der Waals surface area contributed by atoms with E-state index in [0.29, 0.717) is 16.7 Å². The fraction of sp³-hybridized carbons (Fsp3) is 0.250.